The van der Waals surface area contributed by atoms with E-state index in [4.69, 9.17) is 19.4 Å². The molecule has 1 rings (SSSR count). The van der Waals surface area contributed by atoms with Gasteiger partial charge in [-0.15, -0.1) is 0 Å². The van der Waals surface area contributed by atoms with Gasteiger partial charge in [0.2, 0.25) is 0 Å². The van der Waals surface area contributed by atoms with Crippen LogP contribution < -0.4 is 4.74 Å². The van der Waals surface area contributed by atoms with Crippen LogP contribution in [-0.2, 0) is 19.1 Å². The quantitative estimate of drug-likeness (QED) is 0.370. The summed E-state index contributed by atoms with van der Waals surface area (Å²) >= 11 is 0. The third kappa shape index (κ3) is 11.7. The molecule has 184 valence electrons. The molecule has 0 spiro atoms. The summed E-state index contributed by atoms with van der Waals surface area (Å²) in [5.41, 5.74) is -0.331. The average Bonchev–Trinajstić information content (AvgIpc) is 2.73. The number of carboxylic acid groups (broad SMARTS) is 2. The van der Waals surface area contributed by atoms with Crippen LogP contribution in [-0.4, -0.2) is 41.3 Å². The van der Waals surface area contributed by atoms with Crippen molar-refractivity contribution in [1.29, 1.82) is 0 Å². The standard InChI is InChI=1S/C20H30O5.C4H10.CH2O2/c1-13-8-10-15(11-9-13)25-20(5,6)16(18(23)24-7)12-19(3,4)14(2)17(21)22;1-3-4-2;2-1-3/h8-11,14,16H,12H2,1-7H3,(H,21,22);3-4H2,1-2H3;1H,(H,2,3). The zero-order chi connectivity index (χ0) is 25.5. The van der Waals surface area contributed by atoms with Crippen LogP contribution >= 0.6 is 0 Å². The number of carbonyl (C=O) groups excluding carboxylic acids is 1. The maximum Gasteiger partial charge on any atom is 0.312 e. The lowest BCUT2D eigenvalue weighted by atomic mass is 9.70. The monoisotopic (exact) mass is 454 g/mol. The Kier molecular flexibility index (Phi) is 15.1. The molecule has 0 aliphatic carbocycles. The van der Waals surface area contributed by atoms with Crippen LogP contribution in [0.5, 0.6) is 5.75 Å². The summed E-state index contributed by atoms with van der Waals surface area (Å²) in [4.78, 5) is 32.2. The van der Waals surface area contributed by atoms with Crippen molar-refractivity contribution in [1.82, 2.24) is 0 Å². The van der Waals surface area contributed by atoms with Gasteiger partial charge in [0.05, 0.1) is 18.9 Å². The van der Waals surface area contributed by atoms with Gasteiger partial charge in [0.15, 0.2) is 0 Å². The van der Waals surface area contributed by atoms with Crippen molar-refractivity contribution in [3.05, 3.63) is 29.8 Å². The van der Waals surface area contributed by atoms with Gasteiger partial charge in [0.25, 0.3) is 6.47 Å². The lowest BCUT2D eigenvalue weighted by molar-refractivity contribution is -0.157. The van der Waals surface area contributed by atoms with E-state index >= 15 is 0 Å². The molecule has 2 unspecified atom stereocenters. The lowest BCUT2D eigenvalue weighted by Crippen LogP contribution is -2.46. The number of aryl methyl sites for hydroxylation is 1. The predicted molar refractivity (Wildman–Crippen MR) is 126 cm³/mol. The fourth-order valence-electron chi connectivity index (χ4n) is 2.77. The number of benzene rings is 1. The Morgan fingerprint density at radius 2 is 1.50 bits per heavy atom. The van der Waals surface area contributed by atoms with Gasteiger partial charge in [-0.05, 0) is 44.7 Å². The first-order valence-corrected chi connectivity index (χ1v) is 10.9. The molecule has 0 amide bonds. The second kappa shape index (κ2) is 15.3. The van der Waals surface area contributed by atoms with Crippen LogP contribution in [0.2, 0.25) is 0 Å². The van der Waals surface area contributed by atoms with Gasteiger partial charge in [0, 0.05) is 0 Å². The van der Waals surface area contributed by atoms with E-state index in [1.165, 1.54) is 20.0 Å². The Bertz CT molecular complexity index is 676. The summed E-state index contributed by atoms with van der Waals surface area (Å²) in [6.45, 7) is 15.1. The van der Waals surface area contributed by atoms with Crippen molar-refractivity contribution < 1.29 is 34.1 Å². The van der Waals surface area contributed by atoms with Gasteiger partial charge in [-0.1, -0.05) is 65.2 Å². The number of methoxy groups -OCH3 is 1. The van der Waals surface area contributed by atoms with Crippen LogP contribution in [0.4, 0.5) is 0 Å². The van der Waals surface area contributed by atoms with Gasteiger partial charge >= 0.3 is 11.9 Å². The van der Waals surface area contributed by atoms with Crippen LogP contribution in [0.15, 0.2) is 24.3 Å². The van der Waals surface area contributed by atoms with Crippen molar-refractivity contribution in [2.45, 2.75) is 80.3 Å². The second-order valence-electron chi connectivity index (χ2n) is 8.95. The molecule has 0 bridgehead atoms. The molecule has 7 heteroatoms. The summed E-state index contributed by atoms with van der Waals surface area (Å²) in [5, 5.41) is 16.2. The number of carbonyl (C=O) groups is 3. The minimum Gasteiger partial charge on any atom is -0.487 e. The van der Waals surface area contributed by atoms with Crippen LogP contribution in [0.3, 0.4) is 0 Å². The third-order valence-electron chi connectivity index (χ3n) is 5.50. The SMILES string of the molecule is CCCC.COC(=O)C(CC(C)(C)C(C)C(=O)O)C(C)(C)Oc1ccc(C)cc1.O=CO. The number of unbranched alkanes of at least 4 members (excludes halogenated alkanes) is 1. The number of hydrogen-bond donors (Lipinski definition) is 2. The Labute approximate surface area is 193 Å². The maximum absolute atomic E-state index is 12.4. The molecule has 0 aromatic heterocycles. The summed E-state index contributed by atoms with van der Waals surface area (Å²) in [6.07, 6.45) is 2.98. The molecule has 32 heavy (non-hydrogen) atoms. The lowest BCUT2D eigenvalue weighted by Gasteiger charge is -2.39. The van der Waals surface area contributed by atoms with E-state index < -0.39 is 34.8 Å². The molecule has 7 nitrogen and oxygen atoms in total. The molecule has 0 radical (unpaired) electrons. The van der Waals surface area contributed by atoms with Gasteiger partial charge in [-0.2, -0.15) is 0 Å². The first kappa shape index (κ1) is 31.6. The number of ether oxygens (including phenoxy) is 2. The minimum absolute atomic E-state index is 0.250. The first-order valence-electron chi connectivity index (χ1n) is 10.9. The van der Waals surface area contributed by atoms with Gasteiger partial charge in [-0.3, -0.25) is 14.4 Å². The number of esters is 1. The molecule has 0 saturated carbocycles. The highest BCUT2D eigenvalue weighted by molar-refractivity contribution is 5.74. The molecular formula is C25H42O7. The highest BCUT2D eigenvalue weighted by atomic mass is 16.5. The molecule has 0 aliphatic rings. The highest BCUT2D eigenvalue weighted by Gasteiger charge is 2.44. The van der Waals surface area contributed by atoms with E-state index in [2.05, 4.69) is 13.8 Å². The molecule has 0 heterocycles. The molecule has 0 saturated heterocycles. The summed E-state index contributed by atoms with van der Waals surface area (Å²) in [5.74, 6) is -1.83. The normalized spacial score (nSPS) is 12.7. The average molecular weight is 455 g/mol. The fourth-order valence-corrected chi connectivity index (χ4v) is 2.77. The molecule has 2 atom stereocenters. The summed E-state index contributed by atoms with van der Waals surface area (Å²) in [7, 11) is 1.34. The number of carboxylic acids is 1. The van der Waals surface area contributed by atoms with Crippen molar-refractivity contribution >= 4 is 18.4 Å². The minimum atomic E-state index is -0.883. The van der Waals surface area contributed by atoms with E-state index in [1.807, 2.05) is 58.9 Å². The molecule has 1 aromatic rings. The number of rotatable bonds is 9. The van der Waals surface area contributed by atoms with E-state index in [0.29, 0.717) is 12.2 Å². The topological polar surface area (TPSA) is 110 Å². The number of aliphatic carboxylic acids is 1. The predicted octanol–water partition coefficient (Wildman–Crippen LogP) is 5.59. The molecular weight excluding hydrogens is 412 g/mol. The van der Waals surface area contributed by atoms with Crippen molar-refractivity contribution in [2.75, 3.05) is 7.11 Å². The third-order valence-corrected chi connectivity index (χ3v) is 5.50. The largest absolute Gasteiger partial charge is 0.487 e. The van der Waals surface area contributed by atoms with Crippen molar-refractivity contribution in [2.24, 2.45) is 17.3 Å². The zero-order valence-electron chi connectivity index (χ0n) is 21.1. The fraction of sp³-hybridized carbons (Fsp3) is 0.640. The maximum atomic E-state index is 12.4. The highest BCUT2D eigenvalue weighted by Crippen LogP contribution is 2.39. The Morgan fingerprint density at radius 1 is 1.06 bits per heavy atom. The molecule has 0 fully saturated rings. The molecule has 0 aliphatic heterocycles. The zero-order valence-corrected chi connectivity index (χ0v) is 21.1. The van der Waals surface area contributed by atoms with Crippen LogP contribution in [0.25, 0.3) is 0 Å². The van der Waals surface area contributed by atoms with Crippen LogP contribution in [0.1, 0.15) is 73.3 Å². The smallest absolute Gasteiger partial charge is 0.312 e. The summed E-state index contributed by atoms with van der Waals surface area (Å²) < 4.78 is 11.1. The molecule has 1 aromatic carbocycles. The van der Waals surface area contributed by atoms with E-state index in [1.54, 1.807) is 6.92 Å². The number of hydrogen-bond acceptors (Lipinski definition) is 5. The van der Waals surface area contributed by atoms with Crippen LogP contribution in [0, 0.1) is 24.2 Å². The Hall–Kier alpha value is -2.57. The van der Waals surface area contributed by atoms with Crippen molar-refractivity contribution in [3.63, 3.8) is 0 Å². The Morgan fingerprint density at radius 3 is 1.84 bits per heavy atom. The van der Waals surface area contributed by atoms with E-state index in [9.17, 15) is 14.7 Å². The van der Waals surface area contributed by atoms with E-state index in [0.717, 1.165) is 5.56 Å². The van der Waals surface area contributed by atoms with E-state index in [-0.39, 0.29) is 6.47 Å². The Balaban J connectivity index is 0. The summed E-state index contributed by atoms with van der Waals surface area (Å²) in [6, 6.07) is 7.59. The van der Waals surface area contributed by atoms with Crippen molar-refractivity contribution in [3.8, 4) is 5.75 Å². The van der Waals surface area contributed by atoms with Gasteiger partial charge in [0.1, 0.15) is 11.4 Å². The van der Waals surface area contributed by atoms with Gasteiger partial charge < -0.3 is 19.7 Å². The van der Waals surface area contributed by atoms with Gasteiger partial charge in [-0.25, -0.2) is 0 Å². The molecule has 2 N–H and O–H groups in total. The first-order chi connectivity index (χ1) is 14.7. The second-order valence-corrected chi connectivity index (χ2v) is 8.95.